The van der Waals surface area contributed by atoms with Gasteiger partial charge in [-0.2, -0.15) is 0 Å². The SMILES string of the molecule is CCOC(=O)C[C@@H](N)c1cc(O)c(O)c([N+](=O)[O-])c1. The van der Waals surface area contributed by atoms with Crippen molar-refractivity contribution in [3.63, 3.8) is 0 Å². The number of phenols is 2. The van der Waals surface area contributed by atoms with Crippen LogP contribution >= 0.6 is 0 Å². The van der Waals surface area contributed by atoms with Crippen molar-refractivity contribution in [3.8, 4) is 11.5 Å². The van der Waals surface area contributed by atoms with Crippen molar-refractivity contribution < 1.29 is 24.7 Å². The molecule has 1 aromatic carbocycles. The third-order valence-electron chi connectivity index (χ3n) is 2.41. The molecule has 0 saturated carbocycles. The van der Waals surface area contributed by atoms with Crippen LogP contribution in [0.15, 0.2) is 12.1 Å². The number of nitrogens with zero attached hydrogens (tertiary/aromatic N) is 1. The van der Waals surface area contributed by atoms with E-state index < -0.39 is 34.1 Å². The van der Waals surface area contributed by atoms with Crippen molar-refractivity contribution >= 4 is 11.7 Å². The number of nitro benzene ring substituents is 1. The maximum absolute atomic E-state index is 11.2. The third kappa shape index (κ3) is 3.55. The number of hydrogen-bond acceptors (Lipinski definition) is 7. The van der Waals surface area contributed by atoms with Gasteiger partial charge in [0.05, 0.1) is 18.0 Å². The number of nitrogens with two attached hydrogens (primary N) is 1. The van der Waals surface area contributed by atoms with Crippen molar-refractivity contribution in [2.45, 2.75) is 19.4 Å². The summed E-state index contributed by atoms with van der Waals surface area (Å²) in [7, 11) is 0. The Morgan fingerprint density at radius 2 is 2.16 bits per heavy atom. The number of carbonyl (C=O) groups excluding carboxylic acids is 1. The normalized spacial score (nSPS) is 11.9. The summed E-state index contributed by atoms with van der Waals surface area (Å²) in [6, 6.07) is 1.22. The lowest BCUT2D eigenvalue weighted by molar-refractivity contribution is -0.386. The van der Waals surface area contributed by atoms with Crippen LogP contribution in [0.3, 0.4) is 0 Å². The third-order valence-corrected chi connectivity index (χ3v) is 2.41. The predicted molar refractivity (Wildman–Crippen MR) is 64.6 cm³/mol. The molecule has 8 heteroatoms. The van der Waals surface area contributed by atoms with Crippen LogP contribution in [0, 0.1) is 10.1 Å². The first-order valence-electron chi connectivity index (χ1n) is 5.48. The standard InChI is InChI=1S/C11H14N2O6/c1-2-19-10(15)5-7(12)6-3-8(13(17)18)11(16)9(14)4-6/h3-4,7,14,16H,2,5,12H2,1H3/t7-/m1/s1. The summed E-state index contributed by atoms with van der Waals surface area (Å²) in [4.78, 5) is 21.1. The topological polar surface area (TPSA) is 136 Å². The number of hydrogen-bond donors (Lipinski definition) is 3. The number of benzene rings is 1. The van der Waals surface area contributed by atoms with E-state index in [1.807, 2.05) is 0 Å². The van der Waals surface area contributed by atoms with Crippen LogP contribution in [0.4, 0.5) is 5.69 Å². The zero-order valence-corrected chi connectivity index (χ0v) is 10.2. The Morgan fingerprint density at radius 1 is 1.53 bits per heavy atom. The second-order valence-corrected chi connectivity index (χ2v) is 3.78. The molecule has 1 aromatic rings. The van der Waals surface area contributed by atoms with Crippen LogP contribution in [0.2, 0.25) is 0 Å². The minimum atomic E-state index is -0.871. The van der Waals surface area contributed by atoms with E-state index in [4.69, 9.17) is 10.5 Å². The largest absolute Gasteiger partial charge is 0.504 e. The highest BCUT2D eigenvalue weighted by Gasteiger charge is 2.22. The average molecular weight is 270 g/mol. The van der Waals surface area contributed by atoms with Crippen molar-refractivity contribution in [2.75, 3.05) is 6.61 Å². The van der Waals surface area contributed by atoms with E-state index in [2.05, 4.69) is 0 Å². The van der Waals surface area contributed by atoms with Gasteiger partial charge in [0.2, 0.25) is 5.75 Å². The number of phenolic OH excluding ortho intramolecular Hbond substituents is 2. The number of esters is 1. The zero-order chi connectivity index (χ0) is 14.6. The van der Waals surface area contributed by atoms with Crippen LogP contribution in [0.5, 0.6) is 11.5 Å². The Morgan fingerprint density at radius 3 is 2.68 bits per heavy atom. The molecule has 0 fully saturated rings. The molecule has 0 unspecified atom stereocenters. The molecule has 0 heterocycles. The average Bonchev–Trinajstić information content (AvgIpc) is 2.32. The number of ether oxygens (including phenoxy) is 1. The second-order valence-electron chi connectivity index (χ2n) is 3.78. The number of rotatable bonds is 5. The minimum absolute atomic E-state index is 0.162. The van der Waals surface area contributed by atoms with E-state index in [0.29, 0.717) is 0 Å². The van der Waals surface area contributed by atoms with Crippen LogP contribution in [0.1, 0.15) is 24.9 Å². The van der Waals surface area contributed by atoms with Crippen LogP contribution in [0.25, 0.3) is 0 Å². The van der Waals surface area contributed by atoms with Crippen molar-refractivity contribution in [1.29, 1.82) is 0 Å². The van der Waals surface area contributed by atoms with Gasteiger partial charge in [-0.25, -0.2) is 0 Å². The molecule has 0 bridgehead atoms. The molecule has 1 rings (SSSR count). The Bertz CT molecular complexity index is 502. The number of carbonyl (C=O) groups is 1. The Balaban J connectivity index is 3.01. The summed E-state index contributed by atoms with van der Waals surface area (Å²) in [5, 5.41) is 29.4. The molecule has 0 spiro atoms. The minimum Gasteiger partial charge on any atom is -0.504 e. The van der Waals surface area contributed by atoms with Gasteiger partial charge in [-0.3, -0.25) is 14.9 Å². The molecule has 0 aliphatic rings. The van der Waals surface area contributed by atoms with Crippen LogP contribution in [-0.4, -0.2) is 27.7 Å². The first kappa shape index (κ1) is 14.7. The molecular weight excluding hydrogens is 256 g/mol. The first-order valence-corrected chi connectivity index (χ1v) is 5.48. The molecule has 104 valence electrons. The molecule has 0 radical (unpaired) electrons. The fraction of sp³-hybridized carbons (Fsp3) is 0.364. The quantitative estimate of drug-likeness (QED) is 0.313. The summed E-state index contributed by atoms with van der Waals surface area (Å²) < 4.78 is 4.70. The highest BCUT2D eigenvalue weighted by Crippen LogP contribution is 2.37. The highest BCUT2D eigenvalue weighted by atomic mass is 16.6. The Hall–Kier alpha value is -2.35. The van der Waals surface area contributed by atoms with Gasteiger partial charge in [-0.15, -0.1) is 0 Å². The summed E-state index contributed by atoms with van der Waals surface area (Å²) in [6.07, 6.45) is -0.185. The summed E-state index contributed by atoms with van der Waals surface area (Å²) in [6.45, 7) is 1.84. The fourth-order valence-electron chi connectivity index (χ4n) is 1.50. The van der Waals surface area contributed by atoms with E-state index in [1.165, 1.54) is 0 Å². The fourth-order valence-corrected chi connectivity index (χ4v) is 1.50. The van der Waals surface area contributed by atoms with Crippen molar-refractivity contribution in [1.82, 2.24) is 0 Å². The maximum atomic E-state index is 11.2. The van der Waals surface area contributed by atoms with Gasteiger partial charge in [0.15, 0.2) is 5.75 Å². The molecule has 0 aliphatic heterocycles. The predicted octanol–water partition coefficient (Wildman–Crippen LogP) is 0.959. The smallest absolute Gasteiger partial charge is 0.314 e. The Kier molecular flexibility index (Phi) is 4.65. The summed E-state index contributed by atoms with van der Waals surface area (Å²) >= 11 is 0. The van der Waals surface area contributed by atoms with E-state index in [0.717, 1.165) is 12.1 Å². The molecule has 8 nitrogen and oxygen atoms in total. The molecule has 0 saturated heterocycles. The Labute approximate surface area is 108 Å². The van der Waals surface area contributed by atoms with Gasteiger partial charge < -0.3 is 20.7 Å². The lowest BCUT2D eigenvalue weighted by Gasteiger charge is -2.12. The molecule has 19 heavy (non-hydrogen) atoms. The van der Waals surface area contributed by atoms with Gasteiger partial charge >= 0.3 is 11.7 Å². The van der Waals surface area contributed by atoms with Gasteiger partial charge in [0.1, 0.15) is 0 Å². The number of aromatic hydroxyl groups is 2. The molecule has 1 atom stereocenters. The summed E-state index contributed by atoms with van der Waals surface area (Å²) in [5.74, 6) is -2.05. The zero-order valence-electron chi connectivity index (χ0n) is 10.2. The molecule has 0 aromatic heterocycles. The molecule has 0 aliphatic carbocycles. The van der Waals surface area contributed by atoms with Crippen molar-refractivity contribution in [2.24, 2.45) is 5.73 Å². The van der Waals surface area contributed by atoms with E-state index in [9.17, 15) is 25.1 Å². The van der Waals surface area contributed by atoms with E-state index >= 15 is 0 Å². The monoisotopic (exact) mass is 270 g/mol. The van der Waals surface area contributed by atoms with Gasteiger partial charge in [0, 0.05) is 12.1 Å². The van der Waals surface area contributed by atoms with Gasteiger partial charge in [0.25, 0.3) is 0 Å². The second kappa shape index (κ2) is 6.01. The maximum Gasteiger partial charge on any atom is 0.314 e. The van der Waals surface area contributed by atoms with E-state index in [1.54, 1.807) is 6.92 Å². The first-order chi connectivity index (χ1) is 8.86. The van der Waals surface area contributed by atoms with Gasteiger partial charge in [-0.1, -0.05) is 0 Å². The van der Waals surface area contributed by atoms with Crippen molar-refractivity contribution in [3.05, 3.63) is 27.8 Å². The lowest BCUT2D eigenvalue weighted by Crippen LogP contribution is -2.17. The van der Waals surface area contributed by atoms with Crippen LogP contribution in [-0.2, 0) is 9.53 Å². The number of nitro groups is 1. The lowest BCUT2D eigenvalue weighted by atomic mass is 10.0. The van der Waals surface area contributed by atoms with Crippen LogP contribution < -0.4 is 5.73 Å². The van der Waals surface area contributed by atoms with Gasteiger partial charge in [-0.05, 0) is 18.6 Å². The highest BCUT2D eigenvalue weighted by molar-refractivity contribution is 5.70. The van der Waals surface area contributed by atoms with E-state index in [-0.39, 0.29) is 18.6 Å². The molecule has 4 N–H and O–H groups in total. The molecular formula is C11H14N2O6. The summed E-state index contributed by atoms with van der Waals surface area (Å²) in [5.41, 5.74) is 5.19. The molecule has 0 amide bonds.